The summed E-state index contributed by atoms with van der Waals surface area (Å²) in [4.78, 5) is 12.4. The number of carbonyl (C=O) groups excluding carboxylic acids is 1. The molecule has 0 aliphatic heterocycles. The van der Waals surface area contributed by atoms with E-state index in [9.17, 15) is 9.36 Å². The Bertz CT molecular complexity index is 672. The van der Waals surface area contributed by atoms with Crippen molar-refractivity contribution in [3.05, 3.63) is 70.8 Å². The molecular formula is C21H27O2P. The predicted molar refractivity (Wildman–Crippen MR) is 103 cm³/mol. The molecule has 0 radical (unpaired) electrons. The molecule has 0 heterocycles. The van der Waals surface area contributed by atoms with Crippen LogP contribution < -0.4 is 0 Å². The summed E-state index contributed by atoms with van der Waals surface area (Å²) in [6, 6.07) is 16.3. The summed E-state index contributed by atoms with van der Waals surface area (Å²) in [7, 11) is -2.19. The van der Waals surface area contributed by atoms with Crippen molar-refractivity contribution in [2.45, 2.75) is 46.0 Å². The average molecular weight is 342 g/mol. The van der Waals surface area contributed by atoms with Crippen LogP contribution in [0.15, 0.2) is 48.5 Å². The van der Waals surface area contributed by atoms with Gasteiger partial charge in [0.05, 0.1) is 0 Å². The number of carbonyl (C=O) groups is 1. The number of aryl methyl sites for hydroxylation is 3. The van der Waals surface area contributed by atoms with Crippen LogP contribution in [0.25, 0.3) is 0 Å². The maximum absolute atomic E-state index is 12.4. The van der Waals surface area contributed by atoms with E-state index in [0.717, 1.165) is 43.2 Å². The molecule has 2 aromatic rings. The topological polar surface area (TPSA) is 34.1 Å². The Labute approximate surface area is 146 Å². The van der Waals surface area contributed by atoms with Gasteiger partial charge in [0.1, 0.15) is 7.80 Å². The zero-order chi connectivity index (χ0) is 17.4. The summed E-state index contributed by atoms with van der Waals surface area (Å²) >= 11 is 0. The van der Waals surface area contributed by atoms with E-state index in [1.165, 1.54) is 5.56 Å². The Balaban J connectivity index is 1.70. The van der Waals surface area contributed by atoms with Gasteiger partial charge in [-0.25, -0.2) is 0 Å². The van der Waals surface area contributed by atoms with Crippen molar-refractivity contribution in [3.63, 3.8) is 0 Å². The number of unbranched alkanes of at least 4 members (excludes halogenated alkanes) is 3. The van der Waals surface area contributed by atoms with E-state index >= 15 is 0 Å². The van der Waals surface area contributed by atoms with Gasteiger partial charge in [0.2, 0.25) is 5.52 Å². The molecule has 0 saturated carbocycles. The first kappa shape index (κ1) is 18.7. The molecule has 2 nitrogen and oxygen atoms in total. The number of hydrogen-bond donors (Lipinski definition) is 0. The maximum atomic E-state index is 12.4. The smallest absolute Gasteiger partial charge is 0.219 e. The second-order valence-electron chi connectivity index (χ2n) is 6.42. The van der Waals surface area contributed by atoms with Crippen molar-refractivity contribution in [1.29, 1.82) is 0 Å². The van der Waals surface area contributed by atoms with Gasteiger partial charge in [-0.05, 0) is 49.8 Å². The molecule has 3 heteroatoms. The fourth-order valence-corrected chi connectivity index (χ4v) is 4.51. The Morgan fingerprint density at radius 3 is 2.12 bits per heavy atom. The van der Waals surface area contributed by atoms with Gasteiger partial charge in [0.25, 0.3) is 0 Å². The summed E-state index contributed by atoms with van der Waals surface area (Å²) in [5, 5.41) is 0. The lowest BCUT2D eigenvalue weighted by Crippen LogP contribution is -2.01. The van der Waals surface area contributed by atoms with E-state index in [1.54, 1.807) is 0 Å². The highest BCUT2D eigenvalue weighted by Gasteiger charge is 2.17. The van der Waals surface area contributed by atoms with E-state index in [0.29, 0.717) is 11.7 Å². The molecule has 1 unspecified atom stereocenters. The predicted octanol–water partition coefficient (Wildman–Crippen LogP) is 5.81. The summed E-state index contributed by atoms with van der Waals surface area (Å²) in [5.74, 6) is 0. The lowest BCUT2D eigenvalue weighted by Gasteiger charge is -2.08. The Kier molecular flexibility index (Phi) is 7.46. The van der Waals surface area contributed by atoms with Crippen LogP contribution in [-0.2, 0) is 11.0 Å². The quantitative estimate of drug-likeness (QED) is 0.426. The van der Waals surface area contributed by atoms with Crippen molar-refractivity contribution >= 4 is 13.3 Å². The Hall–Kier alpha value is -1.66. The second kappa shape index (κ2) is 9.59. The van der Waals surface area contributed by atoms with Crippen molar-refractivity contribution in [2.75, 3.05) is 6.16 Å². The average Bonchev–Trinajstić information content (AvgIpc) is 2.58. The lowest BCUT2D eigenvalue weighted by atomic mass is 10.0. The molecule has 0 aromatic heterocycles. The summed E-state index contributed by atoms with van der Waals surface area (Å²) in [6.07, 6.45) is 5.84. The third-order valence-corrected chi connectivity index (χ3v) is 5.99. The SMILES string of the molecule is Cc1cccc(C)c1C(=O)[PH](=O)CCCCCCc1ccccc1. The van der Waals surface area contributed by atoms with Crippen molar-refractivity contribution in [1.82, 2.24) is 0 Å². The minimum absolute atomic E-state index is 0.139. The van der Waals surface area contributed by atoms with Gasteiger partial charge in [0, 0.05) is 11.7 Å². The maximum Gasteiger partial charge on any atom is 0.219 e. The van der Waals surface area contributed by atoms with Crippen LogP contribution in [-0.4, -0.2) is 11.7 Å². The van der Waals surface area contributed by atoms with E-state index in [1.807, 2.05) is 38.1 Å². The van der Waals surface area contributed by atoms with Crippen molar-refractivity contribution in [2.24, 2.45) is 0 Å². The van der Waals surface area contributed by atoms with Crippen molar-refractivity contribution < 1.29 is 9.36 Å². The molecule has 2 rings (SSSR count). The zero-order valence-corrected chi connectivity index (χ0v) is 15.7. The molecule has 0 amide bonds. The summed E-state index contributed by atoms with van der Waals surface area (Å²) in [5.41, 5.74) is 3.77. The van der Waals surface area contributed by atoms with Gasteiger partial charge in [0.15, 0.2) is 0 Å². The molecule has 0 aliphatic rings. The fraction of sp³-hybridized carbons (Fsp3) is 0.381. The monoisotopic (exact) mass is 342 g/mol. The highest BCUT2D eigenvalue weighted by Crippen LogP contribution is 2.31. The molecule has 0 bridgehead atoms. The van der Waals surface area contributed by atoms with Crippen LogP contribution in [0, 0.1) is 13.8 Å². The van der Waals surface area contributed by atoms with Gasteiger partial charge in [-0.3, -0.25) is 4.79 Å². The molecule has 0 aliphatic carbocycles. The Morgan fingerprint density at radius 2 is 1.46 bits per heavy atom. The molecule has 128 valence electrons. The van der Waals surface area contributed by atoms with Crippen LogP contribution in [0.1, 0.15) is 52.7 Å². The third-order valence-electron chi connectivity index (χ3n) is 4.42. The normalized spacial score (nSPS) is 12.1. The molecule has 0 N–H and O–H groups in total. The first-order valence-electron chi connectivity index (χ1n) is 8.77. The van der Waals surface area contributed by atoms with Gasteiger partial charge >= 0.3 is 0 Å². The van der Waals surface area contributed by atoms with Crippen LogP contribution in [0.3, 0.4) is 0 Å². The summed E-state index contributed by atoms with van der Waals surface area (Å²) < 4.78 is 12.3. The highest BCUT2D eigenvalue weighted by atomic mass is 31.1. The van der Waals surface area contributed by atoms with Crippen LogP contribution in [0.4, 0.5) is 0 Å². The number of hydrogen-bond acceptors (Lipinski definition) is 2. The van der Waals surface area contributed by atoms with Gasteiger partial charge in [-0.2, -0.15) is 0 Å². The van der Waals surface area contributed by atoms with Gasteiger partial charge in [-0.1, -0.05) is 61.4 Å². The molecular weight excluding hydrogens is 315 g/mol. The molecule has 2 aromatic carbocycles. The van der Waals surface area contributed by atoms with Crippen LogP contribution >= 0.6 is 7.80 Å². The van der Waals surface area contributed by atoms with E-state index in [2.05, 4.69) is 24.3 Å². The van der Waals surface area contributed by atoms with Crippen LogP contribution in [0.2, 0.25) is 0 Å². The fourth-order valence-electron chi connectivity index (χ4n) is 3.04. The summed E-state index contributed by atoms with van der Waals surface area (Å²) in [6.45, 7) is 3.83. The molecule has 1 atom stereocenters. The molecule has 0 fully saturated rings. The van der Waals surface area contributed by atoms with Crippen molar-refractivity contribution in [3.8, 4) is 0 Å². The van der Waals surface area contributed by atoms with Gasteiger partial charge in [-0.15, -0.1) is 0 Å². The van der Waals surface area contributed by atoms with E-state index < -0.39 is 7.80 Å². The molecule has 0 spiro atoms. The largest absolute Gasteiger partial charge is 0.318 e. The second-order valence-corrected chi connectivity index (χ2v) is 8.22. The van der Waals surface area contributed by atoms with E-state index in [4.69, 9.17) is 0 Å². The zero-order valence-electron chi connectivity index (χ0n) is 14.7. The number of rotatable bonds is 9. The first-order valence-corrected chi connectivity index (χ1v) is 10.4. The van der Waals surface area contributed by atoms with Gasteiger partial charge < -0.3 is 4.57 Å². The lowest BCUT2D eigenvalue weighted by molar-refractivity contribution is 0.107. The third kappa shape index (κ3) is 5.46. The molecule has 24 heavy (non-hydrogen) atoms. The minimum atomic E-state index is -2.19. The molecule has 0 saturated heterocycles. The highest BCUT2D eigenvalue weighted by molar-refractivity contribution is 7.64. The first-order chi connectivity index (χ1) is 11.6. The Morgan fingerprint density at radius 1 is 0.833 bits per heavy atom. The minimum Gasteiger partial charge on any atom is -0.318 e. The van der Waals surface area contributed by atoms with Crippen LogP contribution in [0.5, 0.6) is 0 Å². The van der Waals surface area contributed by atoms with E-state index in [-0.39, 0.29) is 5.52 Å². The number of benzene rings is 2. The standard InChI is InChI=1S/C21H27O2P/c1-17-11-10-12-18(2)20(17)21(22)24(23)16-9-4-3-6-13-19-14-7-5-8-15-19/h5,7-8,10-12,14-15,24H,3-4,6,9,13,16H2,1-2H3.